The largest absolute Gasteiger partial charge is 0.491 e. The zero-order chi connectivity index (χ0) is 20.1. The highest BCUT2D eigenvalue weighted by Crippen LogP contribution is 2.25. The van der Waals surface area contributed by atoms with Gasteiger partial charge in [-0.25, -0.2) is 0 Å². The molecule has 6 heteroatoms. The fourth-order valence-corrected chi connectivity index (χ4v) is 3.74. The maximum Gasteiger partial charge on any atom is 0.254 e. The first-order chi connectivity index (χ1) is 14.2. The zero-order valence-corrected chi connectivity index (χ0v) is 16.5. The van der Waals surface area contributed by atoms with E-state index in [0.717, 1.165) is 23.3 Å². The molecule has 2 aliphatic heterocycles. The highest BCUT2D eigenvalue weighted by Gasteiger charge is 2.23. The van der Waals surface area contributed by atoms with Crippen molar-refractivity contribution in [2.24, 2.45) is 0 Å². The summed E-state index contributed by atoms with van der Waals surface area (Å²) in [5.41, 5.74) is 2.67. The van der Waals surface area contributed by atoms with Gasteiger partial charge in [0.2, 0.25) is 5.91 Å². The summed E-state index contributed by atoms with van der Waals surface area (Å²) in [6.45, 7) is 3.84. The lowest BCUT2D eigenvalue weighted by Crippen LogP contribution is -2.40. The predicted molar refractivity (Wildman–Crippen MR) is 109 cm³/mol. The molecule has 1 saturated heterocycles. The van der Waals surface area contributed by atoms with Crippen molar-refractivity contribution in [2.45, 2.75) is 19.4 Å². The van der Waals surface area contributed by atoms with E-state index in [1.165, 1.54) is 0 Å². The highest BCUT2D eigenvalue weighted by atomic mass is 16.5. The van der Waals surface area contributed by atoms with Crippen LogP contribution in [0.5, 0.6) is 5.75 Å². The second-order valence-corrected chi connectivity index (χ2v) is 7.38. The number of morpholine rings is 1. The van der Waals surface area contributed by atoms with Crippen molar-refractivity contribution in [3.63, 3.8) is 0 Å². The van der Waals surface area contributed by atoms with Gasteiger partial charge in [-0.05, 0) is 30.2 Å². The van der Waals surface area contributed by atoms with Crippen LogP contribution in [0.25, 0.3) is 0 Å². The summed E-state index contributed by atoms with van der Waals surface area (Å²) in [5.74, 6) is 0.861. The van der Waals surface area contributed by atoms with E-state index in [1.807, 2.05) is 58.3 Å². The summed E-state index contributed by atoms with van der Waals surface area (Å²) < 4.78 is 11.2. The number of aryl methyl sites for hydroxylation is 1. The molecular weight excluding hydrogens is 368 g/mol. The van der Waals surface area contributed by atoms with Gasteiger partial charge in [0, 0.05) is 37.2 Å². The summed E-state index contributed by atoms with van der Waals surface area (Å²) in [4.78, 5) is 29.2. The van der Waals surface area contributed by atoms with Crippen LogP contribution in [0, 0.1) is 0 Å². The van der Waals surface area contributed by atoms with Crippen molar-refractivity contribution in [2.75, 3.05) is 39.5 Å². The number of ether oxygens (including phenoxy) is 2. The number of rotatable bonds is 4. The number of fused-ring (bicyclic) bond motifs is 1. The van der Waals surface area contributed by atoms with Crippen molar-refractivity contribution in [3.05, 3.63) is 65.2 Å². The van der Waals surface area contributed by atoms with Crippen molar-refractivity contribution in [1.29, 1.82) is 0 Å². The molecule has 0 atom stereocenters. The minimum atomic E-state index is 0.00213. The molecule has 0 N–H and O–H groups in total. The molecule has 2 aromatic carbocycles. The van der Waals surface area contributed by atoms with Crippen LogP contribution >= 0.6 is 0 Å². The number of benzene rings is 2. The molecule has 1 fully saturated rings. The number of nitrogens with zero attached hydrogens (tertiary/aromatic N) is 2. The summed E-state index contributed by atoms with van der Waals surface area (Å²) in [7, 11) is 0. The molecular formula is C23H26N2O4. The SMILES string of the molecule is O=C(CCc1ccccc1)N1CCOc2ccc(C(=O)N3CCOCC3)cc2C1. The first kappa shape index (κ1) is 19.5. The molecule has 2 heterocycles. The van der Waals surface area contributed by atoms with E-state index in [-0.39, 0.29) is 11.8 Å². The number of hydrogen-bond donors (Lipinski definition) is 0. The number of hydrogen-bond acceptors (Lipinski definition) is 4. The topological polar surface area (TPSA) is 59.1 Å². The average Bonchev–Trinajstić information content (AvgIpc) is 3.00. The van der Waals surface area contributed by atoms with E-state index in [0.29, 0.717) is 58.0 Å². The van der Waals surface area contributed by atoms with Gasteiger partial charge in [-0.15, -0.1) is 0 Å². The zero-order valence-electron chi connectivity index (χ0n) is 16.5. The first-order valence-corrected chi connectivity index (χ1v) is 10.1. The molecule has 0 aromatic heterocycles. The summed E-state index contributed by atoms with van der Waals surface area (Å²) in [6.07, 6.45) is 1.19. The summed E-state index contributed by atoms with van der Waals surface area (Å²) in [6, 6.07) is 15.6. The van der Waals surface area contributed by atoms with E-state index >= 15 is 0 Å². The summed E-state index contributed by atoms with van der Waals surface area (Å²) >= 11 is 0. The van der Waals surface area contributed by atoms with E-state index in [9.17, 15) is 9.59 Å². The minimum Gasteiger partial charge on any atom is -0.491 e. The van der Waals surface area contributed by atoms with Gasteiger partial charge in [-0.3, -0.25) is 9.59 Å². The van der Waals surface area contributed by atoms with Crippen molar-refractivity contribution < 1.29 is 19.1 Å². The second kappa shape index (κ2) is 9.09. The van der Waals surface area contributed by atoms with Gasteiger partial charge < -0.3 is 19.3 Å². The maximum atomic E-state index is 12.8. The Bertz CT molecular complexity index is 862. The van der Waals surface area contributed by atoms with Crippen molar-refractivity contribution >= 4 is 11.8 Å². The van der Waals surface area contributed by atoms with Gasteiger partial charge in [0.25, 0.3) is 5.91 Å². The van der Waals surface area contributed by atoms with Crippen LogP contribution in [0.3, 0.4) is 0 Å². The highest BCUT2D eigenvalue weighted by molar-refractivity contribution is 5.94. The predicted octanol–water partition coefficient (Wildman–Crippen LogP) is 2.51. The van der Waals surface area contributed by atoms with Crippen LogP contribution in [0.15, 0.2) is 48.5 Å². The third-order valence-corrected chi connectivity index (χ3v) is 5.41. The van der Waals surface area contributed by atoms with E-state index in [2.05, 4.69) is 0 Å². The Morgan fingerprint density at radius 1 is 0.897 bits per heavy atom. The Kier molecular flexibility index (Phi) is 6.10. The average molecular weight is 394 g/mol. The molecule has 2 aliphatic rings. The minimum absolute atomic E-state index is 0.00213. The van der Waals surface area contributed by atoms with Gasteiger partial charge >= 0.3 is 0 Å². The molecule has 6 nitrogen and oxygen atoms in total. The molecule has 2 amide bonds. The monoisotopic (exact) mass is 394 g/mol. The summed E-state index contributed by atoms with van der Waals surface area (Å²) in [5, 5.41) is 0. The number of carbonyl (C=O) groups is 2. The van der Waals surface area contributed by atoms with Crippen LogP contribution < -0.4 is 4.74 Å². The Morgan fingerprint density at radius 3 is 2.45 bits per heavy atom. The molecule has 0 aliphatic carbocycles. The lowest BCUT2D eigenvalue weighted by Gasteiger charge is -2.27. The molecule has 152 valence electrons. The standard InChI is InChI=1S/C23H26N2O4/c26-22(9-6-18-4-2-1-3-5-18)25-12-15-29-21-8-7-19(16-20(21)17-25)23(27)24-10-13-28-14-11-24/h1-5,7-8,16H,6,9-15,17H2. The van der Waals surface area contributed by atoms with Gasteiger partial charge in [0.1, 0.15) is 12.4 Å². The molecule has 0 spiro atoms. The quantitative estimate of drug-likeness (QED) is 0.800. The molecule has 29 heavy (non-hydrogen) atoms. The fraction of sp³-hybridized carbons (Fsp3) is 0.391. The normalized spacial score (nSPS) is 16.6. The molecule has 0 saturated carbocycles. The van der Waals surface area contributed by atoms with Crippen LogP contribution in [0.2, 0.25) is 0 Å². The number of amides is 2. The second-order valence-electron chi connectivity index (χ2n) is 7.38. The van der Waals surface area contributed by atoms with Gasteiger partial charge in [-0.1, -0.05) is 30.3 Å². The Hall–Kier alpha value is -2.86. The molecule has 0 unspecified atom stereocenters. The van der Waals surface area contributed by atoms with Crippen LogP contribution in [0.1, 0.15) is 27.9 Å². The Morgan fingerprint density at radius 2 is 1.66 bits per heavy atom. The lowest BCUT2D eigenvalue weighted by molar-refractivity contribution is -0.131. The molecule has 4 rings (SSSR count). The van der Waals surface area contributed by atoms with Crippen molar-refractivity contribution in [3.8, 4) is 5.75 Å². The van der Waals surface area contributed by atoms with E-state index in [4.69, 9.17) is 9.47 Å². The Balaban J connectivity index is 1.44. The third-order valence-electron chi connectivity index (χ3n) is 5.41. The van der Waals surface area contributed by atoms with Crippen LogP contribution in [-0.2, 0) is 22.5 Å². The fourth-order valence-electron chi connectivity index (χ4n) is 3.74. The molecule has 2 aromatic rings. The lowest BCUT2D eigenvalue weighted by atomic mass is 10.1. The number of carbonyl (C=O) groups excluding carboxylic acids is 2. The molecule has 0 radical (unpaired) electrons. The molecule has 0 bridgehead atoms. The van der Waals surface area contributed by atoms with Crippen molar-refractivity contribution in [1.82, 2.24) is 9.80 Å². The van der Waals surface area contributed by atoms with Crippen LogP contribution in [0.4, 0.5) is 0 Å². The van der Waals surface area contributed by atoms with E-state index in [1.54, 1.807) is 0 Å². The Labute approximate surface area is 171 Å². The smallest absolute Gasteiger partial charge is 0.254 e. The third kappa shape index (κ3) is 4.77. The van der Waals surface area contributed by atoms with Crippen LogP contribution in [-0.4, -0.2) is 61.1 Å². The first-order valence-electron chi connectivity index (χ1n) is 10.1. The van der Waals surface area contributed by atoms with E-state index < -0.39 is 0 Å². The maximum absolute atomic E-state index is 12.8. The van der Waals surface area contributed by atoms with Gasteiger partial charge in [0.05, 0.1) is 19.8 Å². The van der Waals surface area contributed by atoms with Gasteiger partial charge in [-0.2, -0.15) is 0 Å². The van der Waals surface area contributed by atoms with Gasteiger partial charge in [0.15, 0.2) is 0 Å².